The highest BCUT2D eigenvalue weighted by Gasteiger charge is 2.47. The van der Waals surface area contributed by atoms with Gasteiger partial charge in [-0.3, -0.25) is 19.7 Å². The SMILES string of the molecule is CC(C)N1CCC1(C)C(=O)Nc1ccc2nccnc2c1. The van der Waals surface area contributed by atoms with Gasteiger partial charge in [0.1, 0.15) is 0 Å². The van der Waals surface area contributed by atoms with Crippen LogP contribution in [0.3, 0.4) is 0 Å². The summed E-state index contributed by atoms with van der Waals surface area (Å²) in [6.07, 6.45) is 4.21. The van der Waals surface area contributed by atoms with E-state index >= 15 is 0 Å². The van der Waals surface area contributed by atoms with Crippen LogP contribution in [0.25, 0.3) is 11.0 Å². The summed E-state index contributed by atoms with van der Waals surface area (Å²) < 4.78 is 0. The molecule has 0 aliphatic carbocycles. The Hall–Kier alpha value is -2.01. The van der Waals surface area contributed by atoms with Crippen molar-refractivity contribution in [1.29, 1.82) is 0 Å². The van der Waals surface area contributed by atoms with E-state index in [0.29, 0.717) is 6.04 Å². The lowest BCUT2D eigenvalue weighted by molar-refractivity contribution is -0.138. The fraction of sp³-hybridized carbons (Fsp3) is 0.438. The molecule has 5 heteroatoms. The first-order valence-corrected chi connectivity index (χ1v) is 7.30. The van der Waals surface area contributed by atoms with Gasteiger partial charge in [-0.25, -0.2) is 0 Å². The first-order chi connectivity index (χ1) is 10.0. The summed E-state index contributed by atoms with van der Waals surface area (Å²) in [6.45, 7) is 7.23. The predicted octanol–water partition coefficient (Wildman–Crippen LogP) is 2.44. The summed E-state index contributed by atoms with van der Waals surface area (Å²) in [4.78, 5) is 23.3. The second-order valence-electron chi connectivity index (χ2n) is 6.02. The molecular weight excluding hydrogens is 264 g/mol. The summed E-state index contributed by atoms with van der Waals surface area (Å²) >= 11 is 0. The van der Waals surface area contributed by atoms with Crippen molar-refractivity contribution >= 4 is 22.6 Å². The molecule has 1 N–H and O–H groups in total. The molecule has 110 valence electrons. The number of hydrogen-bond acceptors (Lipinski definition) is 4. The maximum atomic E-state index is 12.6. The number of amides is 1. The molecular formula is C16H20N4O. The highest BCUT2D eigenvalue weighted by molar-refractivity contribution is 5.99. The largest absolute Gasteiger partial charge is 0.324 e. The molecule has 0 spiro atoms. The van der Waals surface area contributed by atoms with Gasteiger partial charge in [0.15, 0.2) is 0 Å². The van der Waals surface area contributed by atoms with E-state index in [9.17, 15) is 4.79 Å². The lowest BCUT2D eigenvalue weighted by Gasteiger charge is -2.51. The van der Waals surface area contributed by atoms with E-state index in [2.05, 4.69) is 34.0 Å². The number of benzene rings is 1. The van der Waals surface area contributed by atoms with E-state index in [4.69, 9.17) is 0 Å². The molecule has 2 heterocycles. The Morgan fingerprint density at radius 2 is 2.00 bits per heavy atom. The number of anilines is 1. The Balaban J connectivity index is 1.80. The Morgan fingerprint density at radius 3 is 2.62 bits per heavy atom. The number of aromatic nitrogens is 2. The van der Waals surface area contributed by atoms with Gasteiger partial charge in [0.25, 0.3) is 0 Å². The Bertz CT molecular complexity index is 685. The third-order valence-corrected chi connectivity index (χ3v) is 4.31. The Kier molecular flexibility index (Phi) is 3.37. The van der Waals surface area contributed by atoms with Crippen molar-refractivity contribution in [3.63, 3.8) is 0 Å². The lowest BCUT2D eigenvalue weighted by atomic mass is 9.84. The van der Waals surface area contributed by atoms with Gasteiger partial charge in [0.2, 0.25) is 5.91 Å². The number of fused-ring (bicyclic) bond motifs is 1. The molecule has 1 atom stereocenters. The second kappa shape index (κ2) is 5.07. The molecule has 1 aliphatic heterocycles. The zero-order valence-electron chi connectivity index (χ0n) is 12.6. The first-order valence-electron chi connectivity index (χ1n) is 7.30. The summed E-state index contributed by atoms with van der Waals surface area (Å²) in [5.74, 6) is 0.0469. The molecule has 0 bridgehead atoms. The van der Waals surface area contributed by atoms with Crippen molar-refractivity contribution in [3.8, 4) is 0 Å². The van der Waals surface area contributed by atoms with Crippen LogP contribution >= 0.6 is 0 Å². The van der Waals surface area contributed by atoms with Crippen LogP contribution in [0.5, 0.6) is 0 Å². The van der Waals surface area contributed by atoms with E-state index in [1.807, 2.05) is 25.1 Å². The smallest absolute Gasteiger partial charge is 0.244 e. The van der Waals surface area contributed by atoms with E-state index in [-0.39, 0.29) is 5.91 Å². The van der Waals surface area contributed by atoms with Crippen LogP contribution in [0, 0.1) is 0 Å². The maximum absolute atomic E-state index is 12.6. The molecule has 0 radical (unpaired) electrons. The zero-order chi connectivity index (χ0) is 15.0. The van der Waals surface area contributed by atoms with Crippen molar-refractivity contribution in [2.24, 2.45) is 0 Å². The van der Waals surface area contributed by atoms with E-state index in [1.165, 1.54) is 0 Å². The van der Waals surface area contributed by atoms with Crippen LogP contribution in [0.2, 0.25) is 0 Å². The summed E-state index contributed by atoms with van der Waals surface area (Å²) in [5.41, 5.74) is 1.97. The quantitative estimate of drug-likeness (QED) is 0.940. The fourth-order valence-corrected chi connectivity index (χ4v) is 2.96. The summed E-state index contributed by atoms with van der Waals surface area (Å²) in [5, 5.41) is 3.01. The number of rotatable bonds is 3. The van der Waals surface area contributed by atoms with Gasteiger partial charge >= 0.3 is 0 Å². The van der Waals surface area contributed by atoms with Gasteiger partial charge in [-0.1, -0.05) is 0 Å². The Morgan fingerprint density at radius 1 is 1.29 bits per heavy atom. The minimum absolute atomic E-state index is 0.0469. The normalized spacial score (nSPS) is 22.3. The number of hydrogen-bond donors (Lipinski definition) is 1. The van der Waals surface area contributed by atoms with Gasteiger partial charge in [0, 0.05) is 30.7 Å². The van der Waals surface area contributed by atoms with Crippen molar-refractivity contribution in [2.75, 3.05) is 11.9 Å². The van der Waals surface area contributed by atoms with Gasteiger partial charge in [0.05, 0.1) is 16.6 Å². The molecule has 1 aliphatic rings. The first kappa shape index (κ1) is 13.9. The molecule has 21 heavy (non-hydrogen) atoms. The van der Waals surface area contributed by atoms with E-state index in [0.717, 1.165) is 29.7 Å². The molecule has 1 saturated heterocycles. The van der Waals surface area contributed by atoms with Crippen molar-refractivity contribution in [3.05, 3.63) is 30.6 Å². The highest BCUT2D eigenvalue weighted by Crippen LogP contribution is 2.33. The molecule has 5 nitrogen and oxygen atoms in total. The van der Waals surface area contributed by atoms with Gasteiger partial charge in [-0.2, -0.15) is 0 Å². The number of carbonyl (C=O) groups excluding carboxylic acids is 1. The summed E-state index contributed by atoms with van der Waals surface area (Å²) in [7, 11) is 0. The zero-order valence-corrected chi connectivity index (χ0v) is 12.6. The molecule has 0 saturated carbocycles. The van der Waals surface area contributed by atoms with Crippen LogP contribution in [0.15, 0.2) is 30.6 Å². The maximum Gasteiger partial charge on any atom is 0.244 e. The minimum Gasteiger partial charge on any atom is -0.324 e. The molecule has 3 rings (SSSR count). The van der Waals surface area contributed by atoms with Gasteiger partial charge in [-0.05, 0) is 45.4 Å². The van der Waals surface area contributed by atoms with Crippen LogP contribution in [-0.2, 0) is 4.79 Å². The second-order valence-corrected chi connectivity index (χ2v) is 6.02. The van der Waals surface area contributed by atoms with Crippen molar-refractivity contribution in [1.82, 2.24) is 14.9 Å². The summed E-state index contributed by atoms with van der Waals surface area (Å²) in [6, 6.07) is 5.98. The van der Waals surface area contributed by atoms with Crippen LogP contribution < -0.4 is 5.32 Å². The van der Waals surface area contributed by atoms with Crippen LogP contribution in [-0.4, -0.2) is 38.9 Å². The molecule has 2 aromatic rings. The number of carbonyl (C=O) groups is 1. The third-order valence-electron chi connectivity index (χ3n) is 4.31. The molecule has 1 fully saturated rings. The number of likely N-dealkylation sites (tertiary alicyclic amines) is 1. The number of nitrogens with one attached hydrogen (secondary N) is 1. The Labute approximate surface area is 124 Å². The lowest BCUT2D eigenvalue weighted by Crippen LogP contribution is -2.66. The predicted molar refractivity (Wildman–Crippen MR) is 83.0 cm³/mol. The van der Waals surface area contributed by atoms with Crippen LogP contribution in [0.1, 0.15) is 27.2 Å². The van der Waals surface area contributed by atoms with Crippen molar-refractivity contribution in [2.45, 2.75) is 38.8 Å². The highest BCUT2D eigenvalue weighted by atomic mass is 16.2. The van der Waals surface area contributed by atoms with E-state index < -0.39 is 5.54 Å². The van der Waals surface area contributed by atoms with Gasteiger partial charge in [-0.15, -0.1) is 0 Å². The average molecular weight is 284 g/mol. The number of nitrogens with zero attached hydrogens (tertiary/aromatic N) is 3. The fourth-order valence-electron chi connectivity index (χ4n) is 2.96. The monoisotopic (exact) mass is 284 g/mol. The minimum atomic E-state index is -0.411. The molecule has 1 aromatic carbocycles. The van der Waals surface area contributed by atoms with E-state index in [1.54, 1.807) is 12.4 Å². The van der Waals surface area contributed by atoms with Gasteiger partial charge < -0.3 is 5.32 Å². The average Bonchev–Trinajstić information content (AvgIpc) is 2.44. The molecule has 1 amide bonds. The third kappa shape index (κ3) is 2.38. The molecule has 1 unspecified atom stereocenters. The van der Waals surface area contributed by atoms with Crippen molar-refractivity contribution < 1.29 is 4.79 Å². The molecule has 1 aromatic heterocycles. The van der Waals surface area contributed by atoms with Crippen LogP contribution in [0.4, 0.5) is 5.69 Å². The standard InChI is InChI=1S/C16H20N4O/c1-11(2)20-9-6-16(20,3)15(21)19-12-4-5-13-14(10-12)18-8-7-17-13/h4-5,7-8,10-11H,6,9H2,1-3H3,(H,19,21). The topological polar surface area (TPSA) is 58.1 Å².